The molecule has 22 heavy (non-hydrogen) atoms. The van der Waals surface area contributed by atoms with Crippen LogP contribution in [-0.4, -0.2) is 24.2 Å². The first-order valence-corrected chi connectivity index (χ1v) is 8.89. The number of aliphatic hydroxyl groups is 1. The Morgan fingerprint density at radius 3 is 2.36 bits per heavy atom. The van der Waals surface area contributed by atoms with Gasteiger partial charge in [0, 0.05) is 19.4 Å². The summed E-state index contributed by atoms with van der Waals surface area (Å²) in [5, 5.41) is 14.9. The first kappa shape index (κ1) is 17.5. The number of aliphatic hydroxyl groups excluding tert-OH is 1. The summed E-state index contributed by atoms with van der Waals surface area (Å²) < 4.78 is 2.15. The fourth-order valence-corrected chi connectivity index (χ4v) is 3.13. The normalized spacial score (nSPS) is 10.4. The van der Waals surface area contributed by atoms with Crippen molar-refractivity contribution in [2.24, 2.45) is 0 Å². The van der Waals surface area contributed by atoms with Gasteiger partial charge in [0.2, 0.25) is 0 Å². The van der Waals surface area contributed by atoms with E-state index in [4.69, 9.17) is 5.11 Å². The van der Waals surface area contributed by atoms with Gasteiger partial charge in [0.25, 0.3) is 5.91 Å². The number of amides is 1. The van der Waals surface area contributed by atoms with Crippen molar-refractivity contribution in [3.8, 4) is 0 Å². The van der Waals surface area contributed by atoms with Crippen molar-refractivity contribution >= 4 is 62.5 Å². The summed E-state index contributed by atoms with van der Waals surface area (Å²) in [6.07, 6.45) is 0. The molecule has 0 spiro atoms. The van der Waals surface area contributed by atoms with Crippen LogP contribution in [-0.2, 0) is 0 Å². The van der Waals surface area contributed by atoms with Crippen LogP contribution in [0.5, 0.6) is 0 Å². The molecule has 6 heteroatoms. The van der Waals surface area contributed by atoms with Crippen molar-refractivity contribution in [3.63, 3.8) is 0 Å². The van der Waals surface area contributed by atoms with E-state index >= 15 is 0 Å². The predicted molar refractivity (Wildman–Crippen MR) is 106 cm³/mol. The van der Waals surface area contributed by atoms with Crippen LogP contribution in [0, 0.1) is 14.1 Å². The highest BCUT2D eigenvalue weighted by Gasteiger charge is 2.12. The number of carbonyl (C=O) groups is 1. The molecule has 0 aliphatic heterocycles. The second-order valence-electron chi connectivity index (χ2n) is 4.75. The van der Waals surface area contributed by atoms with Crippen LogP contribution in [0.4, 0.5) is 11.4 Å². The van der Waals surface area contributed by atoms with E-state index in [9.17, 15) is 4.79 Å². The molecule has 0 fully saturated rings. The molecule has 4 nitrogen and oxygen atoms in total. The summed E-state index contributed by atoms with van der Waals surface area (Å²) in [6, 6.07) is 11.8. The molecule has 0 aromatic heterocycles. The molecule has 116 valence electrons. The third-order valence-electron chi connectivity index (χ3n) is 3.08. The van der Waals surface area contributed by atoms with Crippen molar-refractivity contribution in [2.45, 2.75) is 6.92 Å². The minimum atomic E-state index is -0.196. The second-order valence-corrected chi connectivity index (χ2v) is 7.24. The van der Waals surface area contributed by atoms with Gasteiger partial charge in [0.15, 0.2) is 0 Å². The van der Waals surface area contributed by atoms with E-state index in [0.717, 1.165) is 20.5 Å². The molecule has 2 rings (SSSR count). The van der Waals surface area contributed by atoms with Crippen molar-refractivity contribution in [1.82, 2.24) is 5.32 Å². The van der Waals surface area contributed by atoms with Crippen molar-refractivity contribution < 1.29 is 9.90 Å². The summed E-state index contributed by atoms with van der Waals surface area (Å²) in [7, 11) is 0. The number of nitrogens with one attached hydrogen (secondary N) is 2. The molecule has 2 aromatic rings. The topological polar surface area (TPSA) is 61.4 Å². The summed E-state index contributed by atoms with van der Waals surface area (Å²) >= 11 is 4.45. The van der Waals surface area contributed by atoms with Crippen LogP contribution in [0.2, 0.25) is 0 Å². The molecule has 0 saturated heterocycles. The lowest BCUT2D eigenvalue weighted by Gasteiger charge is -2.14. The molecule has 2 aromatic carbocycles. The fraction of sp³-hybridized carbons (Fsp3) is 0.188. The SMILES string of the molecule is Cc1cc(I)ccc1Nc1ccc(I)cc1C(=O)NCCO. The van der Waals surface area contributed by atoms with Gasteiger partial charge in [-0.05, 0) is 94.1 Å². The highest BCUT2D eigenvalue weighted by Crippen LogP contribution is 2.26. The quantitative estimate of drug-likeness (QED) is 0.526. The molecule has 0 radical (unpaired) electrons. The van der Waals surface area contributed by atoms with Gasteiger partial charge in [0.05, 0.1) is 17.9 Å². The number of hydrogen-bond donors (Lipinski definition) is 3. The molecule has 0 unspecified atom stereocenters. The van der Waals surface area contributed by atoms with Crippen LogP contribution < -0.4 is 10.6 Å². The third-order valence-corrected chi connectivity index (χ3v) is 4.42. The number of rotatable bonds is 5. The lowest BCUT2D eigenvalue weighted by atomic mass is 10.1. The lowest BCUT2D eigenvalue weighted by Crippen LogP contribution is -2.27. The second kappa shape index (κ2) is 8.11. The van der Waals surface area contributed by atoms with Gasteiger partial charge in [0.1, 0.15) is 0 Å². The van der Waals surface area contributed by atoms with Crippen molar-refractivity contribution in [1.29, 1.82) is 0 Å². The highest BCUT2D eigenvalue weighted by molar-refractivity contribution is 14.1. The Hall–Kier alpha value is -0.870. The standard InChI is InChI=1S/C16H16I2N2O2/c1-10-8-11(17)2-4-14(10)20-15-5-3-12(18)9-13(15)16(22)19-6-7-21/h2-5,8-9,20-21H,6-7H2,1H3,(H,19,22). The average molecular weight is 522 g/mol. The van der Waals surface area contributed by atoms with E-state index in [-0.39, 0.29) is 19.1 Å². The first-order valence-electron chi connectivity index (χ1n) is 6.73. The molecule has 0 aliphatic carbocycles. The monoisotopic (exact) mass is 522 g/mol. The van der Waals surface area contributed by atoms with Crippen LogP contribution in [0.3, 0.4) is 0 Å². The van der Waals surface area contributed by atoms with Gasteiger partial charge in [-0.15, -0.1) is 0 Å². The van der Waals surface area contributed by atoms with Crippen LogP contribution in [0.15, 0.2) is 36.4 Å². The fourth-order valence-electron chi connectivity index (χ4n) is 1.99. The largest absolute Gasteiger partial charge is 0.395 e. The van der Waals surface area contributed by atoms with Gasteiger partial charge >= 0.3 is 0 Å². The zero-order valence-electron chi connectivity index (χ0n) is 12.0. The predicted octanol–water partition coefficient (Wildman–Crippen LogP) is 3.67. The molecule has 0 saturated carbocycles. The number of benzene rings is 2. The molecular weight excluding hydrogens is 506 g/mol. The first-order chi connectivity index (χ1) is 10.5. The number of hydrogen-bond acceptors (Lipinski definition) is 3. The summed E-state index contributed by atoms with van der Waals surface area (Å²) in [4.78, 5) is 12.2. The summed E-state index contributed by atoms with van der Waals surface area (Å²) in [6.45, 7) is 2.20. The Labute approximate surface area is 157 Å². The zero-order valence-corrected chi connectivity index (χ0v) is 16.3. The van der Waals surface area contributed by atoms with E-state index in [0.29, 0.717) is 5.56 Å². The Bertz CT molecular complexity index is 690. The van der Waals surface area contributed by atoms with Crippen molar-refractivity contribution in [3.05, 3.63) is 54.7 Å². The van der Waals surface area contributed by atoms with E-state index < -0.39 is 0 Å². The minimum absolute atomic E-state index is 0.0747. The lowest BCUT2D eigenvalue weighted by molar-refractivity contribution is 0.0945. The van der Waals surface area contributed by atoms with Crippen LogP contribution in [0.25, 0.3) is 0 Å². The number of halogens is 2. The maximum Gasteiger partial charge on any atom is 0.253 e. The Morgan fingerprint density at radius 1 is 1.09 bits per heavy atom. The van der Waals surface area contributed by atoms with Gasteiger partial charge in [-0.3, -0.25) is 4.79 Å². The van der Waals surface area contributed by atoms with E-state index in [1.807, 2.05) is 37.3 Å². The highest BCUT2D eigenvalue weighted by atomic mass is 127. The zero-order chi connectivity index (χ0) is 16.1. The van der Waals surface area contributed by atoms with E-state index in [1.165, 1.54) is 3.57 Å². The minimum Gasteiger partial charge on any atom is -0.395 e. The molecule has 0 bridgehead atoms. The van der Waals surface area contributed by atoms with Crippen molar-refractivity contribution in [2.75, 3.05) is 18.5 Å². The van der Waals surface area contributed by atoms with E-state index in [2.05, 4.69) is 61.9 Å². The number of aryl methyl sites for hydroxylation is 1. The van der Waals surface area contributed by atoms with Crippen LogP contribution in [0.1, 0.15) is 15.9 Å². The summed E-state index contributed by atoms with van der Waals surface area (Å²) in [5.74, 6) is -0.196. The molecule has 1 amide bonds. The van der Waals surface area contributed by atoms with Gasteiger partial charge in [-0.1, -0.05) is 0 Å². The molecular formula is C16H16I2N2O2. The molecule has 0 heterocycles. The molecule has 3 N–H and O–H groups in total. The Kier molecular flexibility index (Phi) is 6.45. The van der Waals surface area contributed by atoms with Crippen LogP contribution >= 0.6 is 45.2 Å². The van der Waals surface area contributed by atoms with Gasteiger partial charge in [-0.2, -0.15) is 0 Å². The Morgan fingerprint density at radius 2 is 1.73 bits per heavy atom. The Balaban J connectivity index is 2.32. The number of anilines is 2. The van der Waals surface area contributed by atoms with Gasteiger partial charge in [-0.25, -0.2) is 0 Å². The maximum absolute atomic E-state index is 12.2. The number of carbonyl (C=O) groups excluding carboxylic acids is 1. The summed E-state index contributed by atoms with van der Waals surface area (Å²) in [5.41, 5.74) is 3.41. The molecule has 0 atom stereocenters. The molecule has 0 aliphatic rings. The van der Waals surface area contributed by atoms with Gasteiger partial charge < -0.3 is 15.7 Å². The average Bonchev–Trinajstić information content (AvgIpc) is 2.49. The third kappa shape index (κ3) is 4.56. The van der Waals surface area contributed by atoms with E-state index in [1.54, 1.807) is 0 Å². The maximum atomic E-state index is 12.2. The smallest absolute Gasteiger partial charge is 0.253 e.